The topological polar surface area (TPSA) is 222 Å². The van der Waals surface area contributed by atoms with Gasteiger partial charge in [-0.2, -0.15) is 35.2 Å². The van der Waals surface area contributed by atoms with Crippen molar-refractivity contribution in [2.24, 2.45) is 10.9 Å². The monoisotopic (exact) mass is 1070 g/mol. The third-order valence-electron chi connectivity index (χ3n) is 9.56. The summed E-state index contributed by atoms with van der Waals surface area (Å²) in [5, 5.41) is 13.1. The molecule has 0 N–H and O–H groups in total. The Morgan fingerprint density at radius 3 is 1.07 bits per heavy atom. The summed E-state index contributed by atoms with van der Waals surface area (Å²) >= 11 is 0. The van der Waals surface area contributed by atoms with E-state index in [-0.39, 0.29) is 23.9 Å². The molecule has 426 valence electrons. The van der Waals surface area contributed by atoms with Crippen LogP contribution in [-0.4, -0.2) is 71.1 Å². The van der Waals surface area contributed by atoms with Crippen molar-refractivity contribution in [1.29, 1.82) is 0 Å². The highest BCUT2D eigenvalue weighted by Crippen LogP contribution is 2.24. The molecule has 0 aromatic carbocycles. The first-order valence-corrected chi connectivity index (χ1v) is 30.5. The first kappa shape index (κ1) is 75.6. The SMILES string of the molecule is CC(C)N=C([O-])C(C)C.CC(C)S(=O)(=O)[N-]S(=O)(=O)C(C)C.CC(C)[N-]C(C)C.CC(C)[N-]S(=O)(=O)C(C)C.CC(C)c1c[n-]c(C(C)C)c1.CC(C)c1cc[n-]c1C(C)C.CC(C)c1ccc(C(C)C)[n-]1. The van der Waals surface area contributed by atoms with Gasteiger partial charge < -0.3 is 39.2 Å². The average molecular weight is 1070 g/mol. The van der Waals surface area contributed by atoms with Crippen molar-refractivity contribution < 1.29 is 30.4 Å². The van der Waals surface area contributed by atoms with Crippen LogP contribution in [0.4, 0.5) is 0 Å². The highest BCUT2D eigenvalue weighted by atomic mass is 32.3. The van der Waals surface area contributed by atoms with Gasteiger partial charge in [-0.1, -0.05) is 215 Å². The number of nitrogens with zero attached hydrogens (tertiary/aromatic N) is 7. The summed E-state index contributed by atoms with van der Waals surface area (Å²) in [4.78, 5) is 17.0. The van der Waals surface area contributed by atoms with E-state index in [4.69, 9.17) is 0 Å². The Bertz CT molecular complexity index is 2030. The van der Waals surface area contributed by atoms with Crippen molar-refractivity contribution in [2.45, 2.75) is 269 Å². The molecule has 3 aromatic heterocycles. The molecule has 0 unspecified atom stereocenters. The summed E-state index contributed by atoms with van der Waals surface area (Å²) < 4.78 is 72.8. The van der Waals surface area contributed by atoms with Crippen LogP contribution in [0.5, 0.6) is 0 Å². The van der Waals surface area contributed by atoms with E-state index in [9.17, 15) is 30.4 Å². The van der Waals surface area contributed by atoms with E-state index in [1.54, 1.807) is 27.7 Å². The van der Waals surface area contributed by atoms with Crippen LogP contribution in [0.25, 0.3) is 14.2 Å². The molecule has 3 aromatic rings. The molecule has 0 amide bonds. The van der Waals surface area contributed by atoms with Gasteiger partial charge in [-0.3, -0.25) is 0 Å². The number of aliphatic imine (C=N–C) groups is 1. The highest BCUT2D eigenvalue weighted by Gasteiger charge is 2.14. The molecule has 0 aliphatic carbocycles. The molecule has 72 heavy (non-hydrogen) atoms. The van der Waals surface area contributed by atoms with Crippen LogP contribution in [0.3, 0.4) is 0 Å². The molecule has 0 aliphatic rings. The van der Waals surface area contributed by atoms with Crippen LogP contribution in [0.15, 0.2) is 41.7 Å². The zero-order valence-electron chi connectivity index (χ0n) is 50.3. The molecule has 14 nitrogen and oxygen atoms in total. The van der Waals surface area contributed by atoms with Crippen molar-refractivity contribution in [3.63, 3.8) is 0 Å². The first-order chi connectivity index (χ1) is 32.5. The van der Waals surface area contributed by atoms with Gasteiger partial charge in [0.1, 0.15) is 0 Å². The minimum Gasteiger partial charge on any atom is -0.862 e. The summed E-state index contributed by atoms with van der Waals surface area (Å²) in [5.74, 6) is 3.50. The Kier molecular flexibility index (Phi) is 38.7. The van der Waals surface area contributed by atoms with Crippen LogP contribution < -0.4 is 20.1 Å². The molecule has 0 atom stereocenters. The van der Waals surface area contributed by atoms with Crippen molar-refractivity contribution in [2.75, 3.05) is 0 Å². The number of hydrogen-bond donors (Lipinski definition) is 0. The lowest BCUT2D eigenvalue weighted by Crippen LogP contribution is -2.25. The van der Waals surface area contributed by atoms with Crippen molar-refractivity contribution in [3.05, 3.63) is 84.7 Å². The maximum Gasteiger partial charge on any atom is 0.0854 e. The van der Waals surface area contributed by atoms with Gasteiger partial charge in [0.25, 0.3) is 0 Å². The quantitative estimate of drug-likeness (QED) is 0.0918. The van der Waals surface area contributed by atoms with E-state index in [0.29, 0.717) is 47.6 Å². The van der Waals surface area contributed by atoms with E-state index in [0.717, 1.165) is 0 Å². The second-order valence-electron chi connectivity index (χ2n) is 21.9. The predicted molar refractivity (Wildman–Crippen MR) is 309 cm³/mol. The van der Waals surface area contributed by atoms with Crippen LogP contribution >= 0.6 is 0 Å². The normalized spacial score (nSPS) is 12.3. The van der Waals surface area contributed by atoms with Gasteiger partial charge in [0.05, 0.1) is 30.1 Å². The van der Waals surface area contributed by atoms with Crippen LogP contribution in [0.2, 0.25) is 0 Å². The minimum atomic E-state index is -3.86. The zero-order chi connectivity index (χ0) is 57.8. The van der Waals surface area contributed by atoms with Gasteiger partial charge in [-0.15, -0.1) is 18.1 Å². The predicted octanol–water partition coefficient (Wildman–Crippen LogP) is 14.0. The van der Waals surface area contributed by atoms with E-state index in [2.05, 4.69) is 169 Å². The highest BCUT2D eigenvalue weighted by molar-refractivity contribution is 8.12. The second kappa shape index (κ2) is 36.9. The van der Waals surface area contributed by atoms with Crippen LogP contribution in [0.1, 0.15) is 263 Å². The third-order valence-corrected chi connectivity index (χ3v) is 15.5. The molecule has 3 rings (SSSR count). The molecule has 0 saturated carbocycles. The second-order valence-corrected chi connectivity index (χ2v) is 28.6. The molecule has 0 radical (unpaired) electrons. The summed E-state index contributed by atoms with van der Waals surface area (Å²) in [6.45, 7) is 54.4. The van der Waals surface area contributed by atoms with Gasteiger partial charge in [0.15, 0.2) is 0 Å². The summed E-state index contributed by atoms with van der Waals surface area (Å²) in [6.07, 6.45) is 3.89. The number of sulfonamides is 3. The zero-order valence-corrected chi connectivity index (χ0v) is 52.7. The maximum absolute atomic E-state index is 11.1. The van der Waals surface area contributed by atoms with Gasteiger partial charge in [-0.05, 0) is 61.2 Å². The first-order valence-electron chi connectivity index (χ1n) is 26.0. The van der Waals surface area contributed by atoms with E-state index in [1.807, 2.05) is 40.1 Å². The largest absolute Gasteiger partial charge is 0.862 e. The molecule has 0 spiro atoms. The fraction of sp³-hybridized carbons (Fsp3) is 0.764. The summed E-state index contributed by atoms with van der Waals surface area (Å²) in [7, 11) is -10.9. The minimum absolute atomic E-state index is 0.00463. The van der Waals surface area contributed by atoms with Crippen molar-refractivity contribution in [1.82, 2.24) is 15.0 Å². The Morgan fingerprint density at radius 2 is 0.889 bits per heavy atom. The molecular formula is C55H104N7O7S3-7. The Morgan fingerprint density at radius 1 is 0.486 bits per heavy atom. The molecule has 0 aliphatic heterocycles. The van der Waals surface area contributed by atoms with Crippen LogP contribution in [-0.2, 0) is 30.1 Å². The summed E-state index contributed by atoms with van der Waals surface area (Å²) in [6, 6.07) is 9.59. The van der Waals surface area contributed by atoms with Crippen LogP contribution in [0, 0.1) is 5.92 Å². The number of rotatable bonds is 17. The lowest BCUT2D eigenvalue weighted by molar-refractivity contribution is -0.223. The van der Waals surface area contributed by atoms with E-state index in [1.165, 1.54) is 61.6 Å². The van der Waals surface area contributed by atoms with Gasteiger partial charge in [0.2, 0.25) is 0 Å². The lowest BCUT2D eigenvalue weighted by Gasteiger charge is -2.28. The number of aromatic nitrogens is 3. The fourth-order valence-corrected chi connectivity index (χ4v) is 8.49. The molecule has 0 fully saturated rings. The van der Waals surface area contributed by atoms with E-state index < -0.39 is 45.8 Å². The van der Waals surface area contributed by atoms with Crippen molar-refractivity contribution >= 4 is 36.0 Å². The van der Waals surface area contributed by atoms with Gasteiger partial charge in [-0.25, -0.2) is 25.3 Å². The third kappa shape index (κ3) is 36.1. The number of hydrogen-bond acceptors (Lipinski definition) is 8. The van der Waals surface area contributed by atoms with E-state index >= 15 is 0 Å². The molecule has 3 heterocycles. The lowest BCUT2D eigenvalue weighted by atomic mass is 9.98. The maximum atomic E-state index is 11.1. The Hall–Kier alpha value is -2.96. The molecular weight excluding hydrogens is 967 g/mol. The smallest absolute Gasteiger partial charge is 0.0854 e. The molecule has 17 heteroatoms. The van der Waals surface area contributed by atoms with Crippen molar-refractivity contribution in [3.8, 4) is 0 Å². The summed E-state index contributed by atoms with van der Waals surface area (Å²) in [5.41, 5.74) is 7.67. The Labute approximate surface area is 444 Å². The standard InChI is InChI=1S/3C10H16N.C7H15NO.C6H14NO4S2.C6H14NO2S.C6H14N/c1-7(2)9-5-10(8(3)4)11-6-9;1-7(2)9-5-6-11-10(9)8(3)4;1-7(2)9-5-6-10(11-9)8(3)4;1-5(2)7(9)8-6(3)4;1-5(2)12(8,9)7-13(10,11)6(3)4;1-5(2)7-10(8,9)6(3)4;1-5(2)7-6(3)4/h3*5-8H,1-4H3;5-6H,1-4H3,(H,8,9);5-6H,1-4H3;5-6H,1-4H3;5-6H,1-4H3/q3*-1;;3*-1/p-1. The fourth-order valence-electron chi connectivity index (χ4n) is 5.12. The van der Waals surface area contributed by atoms with Gasteiger partial charge in [0, 0.05) is 21.8 Å². The molecule has 0 saturated heterocycles. The molecule has 0 bridgehead atoms. The van der Waals surface area contributed by atoms with Gasteiger partial charge >= 0.3 is 0 Å². The Balaban J connectivity index is -0.000000377. The average Bonchev–Trinajstić information content (AvgIpc) is 4.00.